The van der Waals surface area contributed by atoms with Crippen molar-refractivity contribution in [3.8, 4) is 0 Å². The Balaban J connectivity index is 1.34. The molecule has 0 bridgehead atoms. The van der Waals surface area contributed by atoms with Crippen LogP contribution in [0.25, 0.3) is 10.4 Å². The van der Waals surface area contributed by atoms with Crippen molar-refractivity contribution in [1.82, 2.24) is 10.2 Å². The molecule has 2 aromatic carbocycles. The number of hydrogen-bond acceptors (Lipinski definition) is 5. The quantitative estimate of drug-likeness (QED) is 0.313. The predicted octanol–water partition coefficient (Wildman–Crippen LogP) is 2.72. The molecule has 172 valence electrons. The summed E-state index contributed by atoms with van der Waals surface area (Å²) < 4.78 is 0. The number of azide groups is 1. The number of amides is 5. The zero-order chi connectivity index (χ0) is 23.8. The Labute approximate surface area is 194 Å². The van der Waals surface area contributed by atoms with Crippen LogP contribution in [0.15, 0.2) is 47.6 Å². The molecule has 0 aromatic heterocycles. The molecule has 2 atom stereocenters. The van der Waals surface area contributed by atoms with E-state index in [-0.39, 0.29) is 49.8 Å². The lowest BCUT2D eigenvalue weighted by atomic mass is 10.0. The number of urea groups is 1. The summed E-state index contributed by atoms with van der Waals surface area (Å²) in [5.74, 6) is -1.08. The lowest BCUT2D eigenvalue weighted by Gasteiger charge is -2.29. The number of piperidine rings is 1. The summed E-state index contributed by atoms with van der Waals surface area (Å²) in [5.41, 5.74) is 12.2. The Hall–Kier alpha value is -4.37. The first-order chi connectivity index (χ1) is 16.5. The van der Waals surface area contributed by atoms with Crippen molar-refractivity contribution in [3.05, 3.63) is 69.6 Å². The van der Waals surface area contributed by atoms with Gasteiger partial charge in [-0.2, -0.15) is 0 Å². The molecule has 2 aromatic rings. The van der Waals surface area contributed by atoms with Gasteiger partial charge in [0.15, 0.2) is 0 Å². The minimum absolute atomic E-state index is 0.151. The van der Waals surface area contributed by atoms with Gasteiger partial charge in [-0.25, -0.2) is 4.79 Å². The van der Waals surface area contributed by atoms with E-state index in [0.29, 0.717) is 23.2 Å². The van der Waals surface area contributed by atoms with Gasteiger partial charge in [-0.3, -0.25) is 24.6 Å². The fourth-order valence-corrected chi connectivity index (χ4v) is 4.85. The highest BCUT2D eigenvalue weighted by Crippen LogP contribution is 2.34. The van der Waals surface area contributed by atoms with E-state index >= 15 is 0 Å². The van der Waals surface area contributed by atoms with E-state index in [9.17, 15) is 19.2 Å². The van der Waals surface area contributed by atoms with Gasteiger partial charge in [-0.05, 0) is 53.8 Å². The second kappa shape index (κ2) is 8.53. The van der Waals surface area contributed by atoms with Gasteiger partial charge < -0.3 is 10.2 Å². The Bertz CT molecular complexity index is 1270. The van der Waals surface area contributed by atoms with E-state index in [1.807, 2.05) is 24.3 Å². The molecule has 5 rings (SSSR count). The number of hydrogen-bond donors (Lipinski definition) is 2. The fraction of sp³-hybridized carbons (Fsp3) is 0.304. The number of rotatable bonds is 4. The first-order valence-electron chi connectivity index (χ1n) is 10.9. The minimum atomic E-state index is -0.696. The maximum atomic E-state index is 13.2. The van der Waals surface area contributed by atoms with E-state index in [1.54, 1.807) is 23.1 Å². The van der Waals surface area contributed by atoms with Crippen LogP contribution in [0, 0.1) is 0 Å². The van der Waals surface area contributed by atoms with Crippen LogP contribution in [0.2, 0.25) is 0 Å². The van der Waals surface area contributed by atoms with Gasteiger partial charge in [0.1, 0.15) is 6.04 Å². The van der Waals surface area contributed by atoms with E-state index in [1.165, 1.54) is 4.90 Å². The largest absolute Gasteiger partial charge is 0.326 e. The molecule has 0 radical (unpaired) electrons. The average molecular weight is 459 g/mol. The van der Waals surface area contributed by atoms with Crippen molar-refractivity contribution in [2.45, 2.75) is 37.9 Å². The van der Waals surface area contributed by atoms with Gasteiger partial charge in [0, 0.05) is 47.4 Å². The molecular formula is C23H21N7O4. The van der Waals surface area contributed by atoms with Crippen LogP contribution in [-0.2, 0) is 22.6 Å². The number of carbonyl (C=O) groups excluding carboxylic acids is 4. The second-order valence-corrected chi connectivity index (χ2v) is 8.47. The Kier molecular flexibility index (Phi) is 5.39. The minimum Gasteiger partial charge on any atom is -0.322 e. The Morgan fingerprint density at radius 3 is 2.79 bits per heavy atom. The first-order valence-corrected chi connectivity index (χ1v) is 10.9. The lowest BCUT2D eigenvalue weighted by Crippen LogP contribution is -2.52. The van der Waals surface area contributed by atoms with Gasteiger partial charge >= 0.3 is 6.03 Å². The molecule has 5 amide bonds. The summed E-state index contributed by atoms with van der Waals surface area (Å²) in [4.78, 5) is 55.7. The molecule has 2 N–H and O–H groups in total. The smallest absolute Gasteiger partial charge is 0.322 e. The van der Waals surface area contributed by atoms with E-state index < -0.39 is 11.9 Å². The molecule has 0 saturated carbocycles. The molecule has 34 heavy (non-hydrogen) atoms. The number of carbonyl (C=O) groups is 4. The summed E-state index contributed by atoms with van der Waals surface area (Å²) >= 11 is 0. The number of fused-ring (bicyclic) bond motifs is 2. The van der Waals surface area contributed by atoms with Gasteiger partial charge in [-0.15, -0.1) is 0 Å². The standard InChI is InChI=1S/C23H21N7O4/c24-28-25-11-16-10-13-3-1-2-4-18(13)30(16)23(34)26-15-5-6-17-14(9-15)12-29(22(17)33)19-7-8-20(31)27-21(19)32/h1-6,9,16,19H,7-8,10-12H2,(H,26,34)(H,27,31,32). The van der Waals surface area contributed by atoms with Crippen molar-refractivity contribution >= 4 is 35.1 Å². The number of nitrogens with zero attached hydrogens (tertiary/aromatic N) is 5. The fourth-order valence-electron chi connectivity index (χ4n) is 4.85. The highest BCUT2D eigenvalue weighted by molar-refractivity contribution is 6.07. The molecular weight excluding hydrogens is 438 g/mol. The van der Waals surface area contributed by atoms with E-state index in [4.69, 9.17) is 5.53 Å². The zero-order valence-corrected chi connectivity index (χ0v) is 18.1. The van der Waals surface area contributed by atoms with Crippen LogP contribution in [0.5, 0.6) is 0 Å². The van der Waals surface area contributed by atoms with Gasteiger partial charge in [0.25, 0.3) is 5.91 Å². The monoisotopic (exact) mass is 459 g/mol. The van der Waals surface area contributed by atoms with E-state index in [2.05, 4.69) is 20.7 Å². The highest BCUT2D eigenvalue weighted by atomic mass is 16.2. The molecule has 3 heterocycles. The maximum absolute atomic E-state index is 13.2. The molecule has 2 unspecified atom stereocenters. The average Bonchev–Trinajstić information content (AvgIpc) is 3.35. The van der Waals surface area contributed by atoms with Crippen molar-refractivity contribution < 1.29 is 19.2 Å². The number of imide groups is 1. The summed E-state index contributed by atoms with van der Waals surface area (Å²) in [6.45, 7) is 0.369. The molecule has 11 nitrogen and oxygen atoms in total. The lowest BCUT2D eigenvalue weighted by molar-refractivity contribution is -0.136. The number of nitrogens with one attached hydrogen (secondary N) is 2. The van der Waals surface area contributed by atoms with Crippen LogP contribution < -0.4 is 15.5 Å². The van der Waals surface area contributed by atoms with Crippen LogP contribution in [0.3, 0.4) is 0 Å². The molecule has 3 aliphatic rings. The zero-order valence-electron chi connectivity index (χ0n) is 18.1. The van der Waals surface area contributed by atoms with E-state index in [0.717, 1.165) is 11.3 Å². The number of benzene rings is 2. The predicted molar refractivity (Wildman–Crippen MR) is 122 cm³/mol. The third kappa shape index (κ3) is 3.71. The topological polar surface area (TPSA) is 148 Å². The SMILES string of the molecule is [N-]=[N+]=NCC1Cc2ccccc2N1C(=O)Nc1ccc2c(c1)CN(C1CCC(=O)NC1=O)C2=O. The molecule has 3 aliphatic heterocycles. The van der Waals surface area contributed by atoms with Crippen molar-refractivity contribution in [2.24, 2.45) is 5.11 Å². The summed E-state index contributed by atoms with van der Waals surface area (Å²) in [6.07, 6.45) is 1.06. The van der Waals surface area contributed by atoms with Crippen LogP contribution in [-0.4, -0.2) is 47.3 Å². The van der Waals surface area contributed by atoms with Crippen LogP contribution >= 0.6 is 0 Å². The summed E-state index contributed by atoms with van der Waals surface area (Å²) in [6, 6.07) is 11.2. The molecule has 11 heteroatoms. The van der Waals surface area contributed by atoms with Crippen molar-refractivity contribution in [2.75, 3.05) is 16.8 Å². The van der Waals surface area contributed by atoms with Crippen LogP contribution in [0.1, 0.15) is 34.3 Å². The van der Waals surface area contributed by atoms with Gasteiger partial charge in [0.05, 0.1) is 0 Å². The van der Waals surface area contributed by atoms with Gasteiger partial charge in [0.2, 0.25) is 11.8 Å². The van der Waals surface area contributed by atoms with Crippen molar-refractivity contribution in [1.29, 1.82) is 0 Å². The molecule has 1 saturated heterocycles. The Morgan fingerprint density at radius 1 is 1.18 bits per heavy atom. The second-order valence-electron chi connectivity index (χ2n) is 8.47. The first kappa shape index (κ1) is 21.5. The third-order valence-corrected chi connectivity index (χ3v) is 6.42. The number of para-hydroxylation sites is 1. The third-order valence-electron chi connectivity index (χ3n) is 6.42. The van der Waals surface area contributed by atoms with Crippen LogP contribution in [0.4, 0.5) is 16.2 Å². The normalized spacial score (nSPS) is 21.0. The molecule has 1 fully saturated rings. The van der Waals surface area contributed by atoms with Crippen molar-refractivity contribution in [3.63, 3.8) is 0 Å². The molecule has 0 spiro atoms. The summed E-state index contributed by atoms with van der Waals surface area (Å²) in [5, 5.41) is 8.83. The maximum Gasteiger partial charge on any atom is 0.326 e. The Morgan fingerprint density at radius 2 is 2.00 bits per heavy atom. The highest BCUT2D eigenvalue weighted by Gasteiger charge is 2.39. The molecule has 0 aliphatic carbocycles. The van der Waals surface area contributed by atoms with Gasteiger partial charge in [-0.1, -0.05) is 23.3 Å². The number of anilines is 2. The summed E-state index contributed by atoms with van der Waals surface area (Å²) in [7, 11) is 0.